The van der Waals surface area contributed by atoms with Gasteiger partial charge in [-0.1, -0.05) is 0 Å². The number of carbonyl (C=O) groups is 1. The molecule has 1 aliphatic heterocycles. The van der Waals surface area contributed by atoms with Gasteiger partial charge in [-0.25, -0.2) is 4.39 Å². The lowest BCUT2D eigenvalue weighted by molar-refractivity contribution is -0.137. The van der Waals surface area contributed by atoms with Crippen LogP contribution in [0.4, 0.5) is 4.39 Å². The van der Waals surface area contributed by atoms with E-state index >= 15 is 0 Å². The van der Waals surface area contributed by atoms with E-state index in [0.717, 1.165) is 0 Å². The molecule has 4 heteroatoms. The van der Waals surface area contributed by atoms with Crippen LogP contribution in [0.2, 0.25) is 0 Å². The van der Waals surface area contributed by atoms with Crippen LogP contribution < -0.4 is 0 Å². The molecule has 1 amide bonds. The zero-order valence-electron chi connectivity index (χ0n) is 8.23. The molecule has 0 spiro atoms. The number of alkyl halides is 2. The molecule has 0 radical (unpaired) electrons. The van der Waals surface area contributed by atoms with Gasteiger partial charge < -0.3 is 4.90 Å². The number of nitrogens with zero attached hydrogens (tertiary/aromatic N) is 1. The monoisotopic (exact) mass is 299 g/mol. The molecule has 1 atom stereocenters. The molecule has 1 saturated heterocycles. The molecule has 0 aromatic rings. The Bertz CT molecular complexity index is 228. The SMILES string of the molecule is CC(=O)N1CCC(F)(I)CC1(C)C. The molecule has 0 saturated carbocycles. The molecule has 13 heavy (non-hydrogen) atoms. The highest BCUT2D eigenvalue weighted by molar-refractivity contribution is 14.1. The Kier molecular flexibility index (Phi) is 2.90. The second-order valence-electron chi connectivity index (χ2n) is 4.27. The number of carbonyl (C=O) groups excluding carboxylic acids is 1. The van der Waals surface area contributed by atoms with Gasteiger partial charge in [0.25, 0.3) is 0 Å². The molecular weight excluding hydrogens is 284 g/mol. The van der Waals surface area contributed by atoms with Crippen LogP contribution in [0, 0.1) is 0 Å². The smallest absolute Gasteiger partial charge is 0.219 e. The summed E-state index contributed by atoms with van der Waals surface area (Å²) < 4.78 is 12.5. The van der Waals surface area contributed by atoms with E-state index in [2.05, 4.69) is 0 Å². The normalized spacial score (nSPS) is 33.2. The first-order chi connectivity index (χ1) is 5.75. The first-order valence-corrected chi connectivity index (χ1v) is 5.48. The highest BCUT2D eigenvalue weighted by Gasteiger charge is 2.43. The number of rotatable bonds is 0. The fourth-order valence-electron chi connectivity index (χ4n) is 1.98. The molecule has 1 heterocycles. The van der Waals surface area contributed by atoms with E-state index in [0.29, 0.717) is 19.4 Å². The van der Waals surface area contributed by atoms with Gasteiger partial charge in [-0.05, 0) is 36.4 Å². The van der Waals surface area contributed by atoms with Crippen molar-refractivity contribution in [2.24, 2.45) is 0 Å². The predicted molar refractivity (Wildman–Crippen MR) is 58.6 cm³/mol. The largest absolute Gasteiger partial charge is 0.338 e. The van der Waals surface area contributed by atoms with Crippen LogP contribution in [0.15, 0.2) is 0 Å². The molecule has 76 valence electrons. The van der Waals surface area contributed by atoms with Gasteiger partial charge in [0.15, 0.2) is 3.68 Å². The Labute approximate surface area is 92.0 Å². The summed E-state index contributed by atoms with van der Waals surface area (Å²) in [6, 6.07) is 0. The summed E-state index contributed by atoms with van der Waals surface area (Å²) in [6.07, 6.45) is 0.858. The van der Waals surface area contributed by atoms with Gasteiger partial charge in [-0.3, -0.25) is 4.79 Å². The maximum absolute atomic E-state index is 13.7. The highest BCUT2D eigenvalue weighted by Crippen LogP contribution is 2.41. The van der Waals surface area contributed by atoms with Crippen LogP contribution in [-0.2, 0) is 4.79 Å². The van der Waals surface area contributed by atoms with Crippen molar-refractivity contribution in [2.75, 3.05) is 6.54 Å². The lowest BCUT2D eigenvalue weighted by Gasteiger charge is -2.46. The van der Waals surface area contributed by atoms with Gasteiger partial charge in [0.2, 0.25) is 5.91 Å². The lowest BCUT2D eigenvalue weighted by atomic mass is 9.89. The van der Waals surface area contributed by atoms with Crippen LogP contribution >= 0.6 is 22.6 Å². The van der Waals surface area contributed by atoms with Crippen LogP contribution in [0.3, 0.4) is 0 Å². The average molecular weight is 299 g/mol. The molecule has 0 bridgehead atoms. The van der Waals surface area contributed by atoms with Crippen molar-refractivity contribution in [3.05, 3.63) is 0 Å². The van der Waals surface area contributed by atoms with Crippen molar-refractivity contribution in [1.82, 2.24) is 4.90 Å². The van der Waals surface area contributed by atoms with Crippen LogP contribution in [0.25, 0.3) is 0 Å². The second-order valence-corrected chi connectivity index (χ2v) is 6.20. The minimum atomic E-state index is -1.15. The van der Waals surface area contributed by atoms with Crippen LogP contribution in [-0.4, -0.2) is 26.6 Å². The molecule has 1 unspecified atom stereocenters. The Balaban J connectivity index is 2.79. The lowest BCUT2D eigenvalue weighted by Crippen LogP contribution is -2.54. The Morgan fingerprint density at radius 2 is 2.08 bits per heavy atom. The number of hydrogen-bond donors (Lipinski definition) is 0. The van der Waals surface area contributed by atoms with Crippen molar-refractivity contribution in [3.63, 3.8) is 0 Å². The third-order valence-electron chi connectivity index (χ3n) is 2.50. The minimum Gasteiger partial charge on any atom is -0.338 e. The summed E-state index contributed by atoms with van der Waals surface area (Å²) in [7, 11) is 0. The molecule has 1 rings (SSSR count). The van der Waals surface area contributed by atoms with Crippen molar-refractivity contribution >= 4 is 28.5 Å². The van der Waals surface area contributed by atoms with Gasteiger partial charge in [-0.15, -0.1) is 0 Å². The van der Waals surface area contributed by atoms with Crippen molar-refractivity contribution < 1.29 is 9.18 Å². The van der Waals surface area contributed by atoms with Crippen molar-refractivity contribution in [1.29, 1.82) is 0 Å². The predicted octanol–water partition coefficient (Wildman–Crippen LogP) is 2.51. The van der Waals surface area contributed by atoms with Crippen molar-refractivity contribution in [2.45, 2.75) is 42.8 Å². The van der Waals surface area contributed by atoms with Gasteiger partial charge in [0.05, 0.1) is 0 Å². The van der Waals surface area contributed by atoms with Gasteiger partial charge in [0, 0.05) is 31.8 Å². The molecule has 2 nitrogen and oxygen atoms in total. The van der Waals surface area contributed by atoms with E-state index < -0.39 is 3.68 Å². The van der Waals surface area contributed by atoms with Crippen LogP contribution in [0.5, 0.6) is 0 Å². The zero-order chi connectivity index (χ0) is 10.3. The van der Waals surface area contributed by atoms with Crippen LogP contribution in [0.1, 0.15) is 33.6 Å². The molecule has 0 N–H and O–H groups in total. The first kappa shape index (κ1) is 11.2. The van der Waals surface area contributed by atoms with E-state index in [1.54, 1.807) is 11.8 Å². The number of halogens is 2. The van der Waals surface area contributed by atoms with Gasteiger partial charge in [-0.2, -0.15) is 0 Å². The number of piperidine rings is 1. The number of amides is 1. The summed E-state index contributed by atoms with van der Waals surface area (Å²) in [5.74, 6) is 0.0388. The highest BCUT2D eigenvalue weighted by atomic mass is 127. The van der Waals surface area contributed by atoms with Gasteiger partial charge in [0.1, 0.15) is 0 Å². The summed E-state index contributed by atoms with van der Waals surface area (Å²) >= 11 is 1.84. The minimum absolute atomic E-state index is 0.0388. The second kappa shape index (κ2) is 3.37. The van der Waals surface area contributed by atoms with E-state index in [4.69, 9.17) is 0 Å². The third kappa shape index (κ3) is 2.54. The fourth-order valence-corrected chi connectivity index (χ4v) is 3.15. The average Bonchev–Trinajstić information content (AvgIpc) is 1.79. The Morgan fingerprint density at radius 3 is 2.46 bits per heavy atom. The quantitative estimate of drug-likeness (QED) is 0.497. The summed E-state index contributed by atoms with van der Waals surface area (Å²) in [6.45, 7) is 5.91. The topological polar surface area (TPSA) is 20.3 Å². The first-order valence-electron chi connectivity index (χ1n) is 4.41. The van der Waals surface area contributed by atoms with E-state index in [1.807, 2.05) is 36.4 Å². The summed E-state index contributed by atoms with van der Waals surface area (Å²) in [5.41, 5.74) is -0.347. The molecule has 1 fully saturated rings. The fraction of sp³-hybridized carbons (Fsp3) is 0.889. The third-order valence-corrected chi connectivity index (χ3v) is 3.42. The Hall–Kier alpha value is 0.130. The molecular formula is C9H15FINO. The molecule has 0 aromatic carbocycles. The maximum Gasteiger partial charge on any atom is 0.219 e. The van der Waals surface area contributed by atoms with Crippen molar-refractivity contribution in [3.8, 4) is 0 Å². The number of likely N-dealkylation sites (tertiary alicyclic amines) is 1. The van der Waals surface area contributed by atoms with E-state index in [9.17, 15) is 9.18 Å². The van der Waals surface area contributed by atoms with E-state index in [-0.39, 0.29) is 11.4 Å². The molecule has 0 aromatic heterocycles. The summed E-state index contributed by atoms with van der Waals surface area (Å²) in [4.78, 5) is 13.0. The molecule has 1 aliphatic rings. The number of hydrogen-bond acceptors (Lipinski definition) is 1. The standard InChI is InChI=1S/C9H15FINO/c1-7(13)12-5-4-9(10,11)6-8(12,2)3/h4-6H2,1-3H3. The zero-order valence-corrected chi connectivity index (χ0v) is 10.4. The Morgan fingerprint density at radius 1 is 1.54 bits per heavy atom. The molecule has 0 aliphatic carbocycles. The maximum atomic E-state index is 13.7. The van der Waals surface area contributed by atoms with E-state index in [1.165, 1.54) is 0 Å². The summed E-state index contributed by atoms with van der Waals surface area (Å²) in [5, 5.41) is 0. The van der Waals surface area contributed by atoms with Gasteiger partial charge >= 0.3 is 0 Å².